The molecule has 2 heterocycles. The van der Waals surface area contributed by atoms with Crippen molar-refractivity contribution in [2.45, 2.75) is 6.42 Å². The second-order valence-corrected chi connectivity index (χ2v) is 5.62. The van der Waals surface area contributed by atoms with E-state index in [1.54, 1.807) is 12.0 Å². The maximum absolute atomic E-state index is 12.1. The summed E-state index contributed by atoms with van der Waals surface area (Å²) in [5, 5.41) is 6.26. The molecular formula is C14H26N4O3. The first-order valence-electron chi connectivity index (χ1n) is 7.68. The number of hydrogen-bond acceptors (Lipinski definition) is 5. The summed E-state index contributed by atoms with van der Waals surface area (Å²) in [5.41, 5.74) is 0. The first-order chi connectivity index (χ1) is 10.2. The quantitative estimate of drug-likeness (QED) is 0.599. The number of carbonyl (C=O) groups excluding carboxylic acids is 2. The number of nitrogens with one attached hydrogen (secondary N) is 2. The van der Waals surface area contributed by atoms with Gasteiger partial charge in [-0.25, -0.2) is 0 Å². The highest BCUT2D eigenvalue weighted by Crippen LogP contribution is 2.17. The van der Waals surface area contributed by atoms with Crippen molar-refractivity contribution in [2.75, 3.05) is 66.1 Å². The molecule has 0 spiro atoms. The predicted octanol–water partition coefficient (Wildman–Crippen LogP) is -1.50. The maximum atomic E-state index is 12.1. The molecule has 2 N–H and O–H groups in total. The van der Waals surface area contributed by atoms with Gasteiger partial charge in [0.1, 0.15) is 0 Å². The summed E-state index contributed by atoms with van der Waals surface area (Å²) in [6.07, 6.45) is 0.323. The number of methoxy groups -OCH3 is 1. The van der Waals surface area contributed by atoms with Crippen LogP contribution in [0.5, 0.6) is 0 Å². The molecule has 0 bridgehead atoms. The zero-order valence-corrected chi connectivity index (χ0v) is 12.8. The first-order valence-corrected chi connectivity index (χ1v) is 7.68. The SMILES string of the molecule is COCCN1CC(C(=O)NCCN2CCNCC2)CC1=O. The van der Waals surface area contributed by atoms with E-state index in [1.807, 2.05) is 0 Å². The summed E-state index contributed by atoms with van der Waals surface area (Å²) >= 11 is 0. The average molecular weight is 298 g/mol. The molecule has 2 rings (SSSR count). The third-order valence-electron chi connectivity index (χ3n) is 4.09. The second kappa shape index (κ2) is 8.31. The van der Waals surface area contributed by atoms with Gasteiger partial charge < -0.3 is 20.3 Å². The Morgan fingerprint density at radius 3 is 2.86 bits per heavy atom. The van der Waals surface area contributed by atoms with Gasteiger partial charge in [0.15, 0.2) is 0 Å². The lowest BCUT2D eigenvalue weighted by molar-refractivity contribution is -0.129. The predicted molar refractivity (Wildman–Crippen MR) is 78.9 cm³/mol. The van der Waals surface area contributed by atoms with Crippen LogP contribution >= 0.6 is 0 Å². The molecule has 2 aliphatic heterocycles. The maximum Gasteiger partial charge on any atom is 0.225 e. The summed E-state index contributed by atoms with van der Waals surface area (Å²) < 4.78 is 4.97. The lowest BCUT2D eigenvalue weighted by Crippen LogP contribution is -2.46. The number of likely N-dealkylation sites (tertiary alicyclic amines) is 1. The highest BCUT2D eigenvalue weighted by molar-refractivity contribution is 5.89. The largest absolute Gasteiger partial charge is 0.383 e. The van der Waals surface area contributed by atoms with E-state index in [1.165, 1.54) is 0 Å². The number of piperazine rings is 1. The minimum atomic E-state index is -0.211. The van der Waals surface area contributed by atoms with Crippen LogP contribution in [0.3, 0.4) is 0 Å². The fourth-order valence-electron chi connectivity index (χ4n) is 2.78. The molecule has 0 radical (unpaired) electrons. The lowest BCUT2D eigenvalue weighted by atomic mass is 10.1. The van der Waals surface area contributed by atoms with E-state index in [2.05, 4.69) is 15.5 Å². The lowest BCUT2D eigenvalue weighted by Gasteiger charge is -2.27. The van der Waals surface area contributed by atoms with Crippen molar-refractivity contribution in [3.8, 4) is 0 Å². The Kier molecular flexibility index (Phi) is 6.41. The fraction of sp³-hybridized carbons (Fsp3) is 0.857. The Labute approximate surface area is 126 Å². The van der Waals surface area contributed by atoms with Crippen molar-refractivity contribution in [1.82, 2.24) is 20.4 Å². The number of amides is 2. The van der Waals surface area contributed by atoms with Crippen molar-refractivity contribution >= 4 is 11.8 Å². The van der Waals surface area contributed by atoms with Crippen LogP contribution in [0.4, 0.5) is 0 Å². The minimum Gasteiger partial charge on any atom is -0.383 e. The van der Waals surface area contributed by atoms with Crippen LogP contribution in [0.25, 0.3) is 0 Å². The minimum absolute atomic E-state index is 0.00148. The van der Waals surface area contributed by atoms with Crippen molar-refractivity contribution in [1.29, 1.82) is 0 Å². The highest BCUT2D eigenvalue weighted by atomic mass is 16.5. The van der Waals surface area contributed by atoms with Crippen molar-refractivity contribution in [2.24, 2.45) is 5.92 Å². The van der Waals surface area contributed by atoms with Crippen LogP contribution in [-0.4, -0.2) is 87.7 Å². The van der Waals surface area contributed by atoms with Crippen LogP contribution in [0.2, 0.25) is 0 Å². The van der Waals surface area contributed by atoms with E-state index in [9.17, 15) is 9.59 Å². The first kappa shape index (κ1) is 16.2. The number of hydrogen-bond donors (Lipinski definition) is 2. The van der Waals surface area contributed by atoms with E-state index in [4.69, 9.17) is 4.74 Å². The van der Waals surface area contributed by atoms with Gasteiger partial charge in [-0.15, -0.1) is 0 Å². The molecule has 7 heteroatoms. The van der Waals surface area contributed by atoms with Crippen LogP contribution in [-0.2, 0) is 14.3 Å². The Hall–Kier alpha value is -1.18. The fourth-order valence-corrected chi connectivity index (χ4v) is 2.78. The molecule has 21 heavy (non-hydrogen) atoms. The molecule has 2 aliphatic rings. The number of nitrogens with zero attached hydrogens (tertiary/aromatic N) is 2. The topological polar surface area (TPSA) is 73.9 Å². The Morgan fingerprint density at radius 2 is 2.14 bits per heavy atom. The molecule has 120 valence electrons. The molecule has 2 amide bonds. The summed E-state index contributed by atoms with van der Waals surface area (Å²) in [4.78, 5) is 27.9. The van der Waals surface area contributed by atoms with Gasteiger partial charge in [0.25, 0.3) is 0 Å². The van der Waals surface area contributed by atoms with Gasteiger partial charge >= 0.3 is 0 Å². The molecule has 1 unspecified atom stereocenters. The Balaban J connectivity index is 1.65. The monoisotopic (exact) mass is 298 g/mol. The third kappa shape index (κ3) is 4.94. The van der Waals surface area contributed by atoms with Crippen LogP contribution in [0, 0.1) is 5.92 Å². The number of ether oxygens (including phenoxy) is 1. The van der Waals surface area contributed by atoms with Crippen LogP contribution in [0.1, 0.15) is 6.42 Å². The number of carbonyl (C=O) groups is 2. The smallest absolute Gasteiger partial charge is 0.225 e. The standard InChI is InChI=1S/C14H26N4O3/c1-21-9-8-18-11-12(10-13(18)19)14(20)16-4-7-17-5-2-15-3-6-17/h12,15H,2-11H2,1H3,(H,16,20). The second-order valence-electron chi connectivity index (χ2n) is 5.62. The summed E-state index contributed by atoms with van der Waals surface area (Å²) in [5.74, 6) is -0.162. The van der Waals surface area contributed by atoms with Gasteiger partial charge in [-0.1, -0.05) is 0 Å². The van der Waals surface area contributed by atoms with Crippen molar-refractivity contribution in [3.63, 3.8) is 0 Å². The molecule has 7 nitrogen and oxygen atoms in total. The normalized spacial score (nSPS) is 23.6. The molecular weight excluding hydrogens is 272 g/mol. The molecule has 0 aliphatic carbocycles. The van der Waals surface area contributed by atoms with Gasteiger partial charge in [0, 0.05) is 65.9 Å². The number of rotatable bonds is 7. The molecule has 2 fully saturated rings. The van der Waals surface area contributed by atoms with E-state index in [0.29, 0.717) is 32.7 Å². The van der Waals surface area contributed by atoms with Gasteiger partial charge in [0.05, 0.1) is 12.5 Å². The van der Waals surface area contributed by atoms with Gasteiger partial charge in [-0.2, -0.15) is 0 Å². The zero-order valence-electron chi connectivity index (χ0n) is 12.8. The van der Waals surface area contributed by atoms with E-state index in [0.717, 1.165) is 32.7 Å². The van der Waals surface area contributed by atoms with Crippen LogP contribution < -0.4 is 10.6 Å². The Morgan fingerprint density at radius 1 is 1.38 bits per heavy atom. The summed E-state index contributed by atoms with van der Waals surface area (Å²) in [7, 11) is 1.61. The molecule has 1 atom stereocenters. The molecule has 0 aromatic rings. The van der Waals surface area contributed by atoms with Crippen LogP contribution in [0.15, 0.2) is 0 Å². The van der Waals surface area contributed by atoms with E-state index < -0.39 is 0 Å². The van der Waals surface area contributed by atoms with Gasteiger partial charge in [0.2, 0.25) is 11.8 Å². The Bertz CT molecular complexity index is 358. The molecule has 0 aromatic carbocycles. The molecule has 2 saturated heterocycles. The highest BCUT2D eigenvalue weighted by Gasteiger charge is 2.33. The molecule has 0 aromatic heterocycles. The van der Waals surface area contributed by atoms with E-state index in [-0.39, 0.29) is 17.7 Å². The third-order valence-corrected chi connectivity index (χ3v) is 4.09. The van der Waals surface area contributed by atoms with Gasteiger partial charge in [-0.05, 0) is 0 Å². The van der Waals surface area contributed by atoms with Gasteiger partial charge in [-0.3, -0.25) is 14.5 Å². The summed E-state index contributed by atoms with van der Waals surface area (Å²) in [6, 6.07) is 0. The summed E-state index contributed by atoms with van der Waals surface area (Å²) in [6.45, 7) is 7.22. The molecule has 0 saturated carbocycles. The zero-order chi connectivity index (χ0) is 15.1. The van der Waals surface area contributed by atoms with Crippen molar-refractivity contribution in [3.05, 3.63) is 0 Å². The van der Waals surface area contributed by atoms with Crippen molar-refractivity contribution < 1.29 is 14.3 Å². The average Bonchev–Trinajstić information content (AvgIpc) is 2.87. The van der Waals surface area contributed by atoms with E-state index >= 15 is 0 Å².